The minimum atomic E-state index is -1.31. The lowest BCUT2D eigenvalue weighted by molar-refractivity contribution is 0.0481. The Hall–Kier alpha value is -1.70. The van der Waals surface area contributed by atoms with Gasteiger partial charge in [-0.25, -0.2) is 9.59 Å². The van der Waals surface area contributed by atoms with E-state index in [0.717, 1.165) is 34.0 Å². The zero-order valence-corrected chi connectivity index (χ0v) is 16.9. The second kappa shape index (κ2) is 7.13. The maximum Gasteiger partial charge on any atom is 0.351 e. The monoisotopic (exact) mass is 438 g/mol. The molecule has 3 aromatic rings. The van der Waals surface area contributed by atoms with Crippen LogP contribution in [-0.2, 0) is 5.60 Å². The molecule has 7 heteroatoms. The van der Waals surface area contributed by atoms with Gasteiger partial charge in [-0.1, -0.05) is 38.3 Å². The van der Waals surface area contributed by atoms with Crippen molar-refractivity contribution in [3.63, 3.8) is 0 Å². The number of halogens is 1. The fraction of sp³-hybridized carbons (Fsp3) is 0.368. The molecule has 3 rings (SSSR count). The Morgan fingerprint density at radius 2 is 2.08 bits per heavy atom. The standard InChI is InChI=1S/C19H19BrO5S/c1-3-4-5-8-19(2,24)16-13(20)11-7-6-10-9-12(17(21)22)18(23)25-14(10)15(11)26-16/h6-7,9,24H,3-5,8H2,1-2H3,(H,21,22). The molecule has 0 aliphatic rings. The molecule has 0 amide bonds. The molecule has 5 nitrogen and oxygen atoms in total. The molecule has 2 heterocycles. The summed E-state index contributed by atoms with van der Waals surface area (Å²) in [5, 5.41) is 21.4. The van der Waals surface area contributed by atoms with E-state index in [1.807, 2.05) is 6.07 Å². The van der Waals surface area contributed by atoms with Crippen LogP contribution in [0.4, 0.5) is 0 Å². The van der Waals surface area contributed by atoms with Crippen LogP contribution in [0.2, 0.25) is 0 Å². The SMILES string of the molecule is CCCCCC(C)(O)c1sc2c(ccc3cc(C(=O)O)c(=O)oc32)c1Br. The van der Waals surface area contributed by atoms with Crippen molar-refractivity contribution in [1.82, 2.24) is 0 Å². The summed E-state index contributed by atoms with van der Waals surface area (Å²) in [4.78, 5) is 23.9. The summed E-state index contributed by atoms with van der Waals surface area (Å²) in [6.45, 7) is 3.91. The molecular formula is C19H19BrO5S. The second-order valence-corrected chi connectivity index (χ2v) is 8.40. The third kappa shape index (κ3) is 3.31. The zero-order chi connectivity index (χ0) is 19.1. The van der Waals surface area contributed by atoms with Crippen molar-refractivity contribution in [3.05, 3.63) is 43.5 Å². The van der Waals surface area contributed by atoms with Crippen molar-refractivity contribution in [3.8, 4) is 0 Å². The Kier molecular flexibility index (Phi) is 5.23. The maximum absolute atomic E-state index is 12.0. The molecular weight excluding hydrogens is 420 g/mol. The van der Waals surface area contributed by atoms with Crippen LogP contribution in [0.15, 0.2) is 31.9 Å². The van der Waals surface area contributed by atoms with E-state index in [-0.39, 0.29) is 5.56 Å². The van der Waals surface area contributed by atoms with Crippen molar-refractivity contribution >= 4 is 54.3 Å². The van der Waals surface area contributed by atoms with Crippen LogP contribution >= 0.6 is 27.3 Å². The summed E-state index contributed by atoms with van der Waals surface area (Å²) < 4.78 is 6.82. The van der Waals surface area contributed by atoms with Gasteiger partial charge in [0.1, 0.15) is 5.56 Å². The van der Waals surface area contributed by atoms with Gasteiger partial charge in [0, 0.05) is 15.2 Å². The van der Waals surface area contributed by atoms with Gasteiger partial charge in [-0.05, 0) is 35.3 Å². The number of aromatic carboxylic acids is 1. The summed E-state index contributed by atoms with van der Waals surface area (Å²) in [5.41, 5.74) is -1.91. The Balaban J connectivity index is 2.19. The number of hydrogen-bond acceptors (Lipinski definition) is 5. The Labute approximate surface area is 162 Å². The molecule has 1 atom stereocenters. The van der Waals surface area contributed by atoms with Crippen molar-refractivity contribution < 1.29 is 19.4 Å². The number of benzene rings is 1. The predicted octanol–water partition coefficient (Wildman–Crippen LogP) is 5.26. The summed E-state index contributed by atoms with van der Waals surface area (Å²) in [6, 6.07) is 4.89. The Morgan fingerprint density at radius 3 is 2.73 bits per heavy atom. The lowest BCUT2D eigenvalue weighted by atomic mass is 9.96. The molecule has 0 spiro atoms. The summed E-state index contributed by atoms with van der Waals surface area (Å²) in [5.74, 6) is -1.31. The van der Waals surface area contributed by atoms with Crippen LogP contribution in [0.5, 0.6) is 0 Å². The third-order valence-electron chi connectivity index (χ3n) is 4.48. The minimum absolute atomic E-state index is 0.346. The van der Waals surface area contributed by atoms with Gasteiger partial charge in [0.2, 0.25) is 0 Å². The number of carboxylic acid groups (broad SMARTS) is 1. The molecule has 2 aromatic heterocycles. The highest BCUT2D eigenvalue weighted by molar-refractivity contribution is 9.10. The van der Waals surface area contributed by atoms with Crippen molar-refractivity contribution in [2.45, 2.75) is 45.1 Å². The average molecular weight is 439 g/mol. The topological polar surface area (TPSA) is 87.7 Å². The molecule has 0 fully saturated rings. The summed E-state index contributed by atoms with van der Waals surface area (Å²) in [6.07, 6.45) is 3.68. The number of carboxylic acids is 1. The molecule has 0 radical (unpaired) electrons. The van der Waals surface area contributed by atoms with Gasteiger partial charge in [0.15, 0.2) is 5.58 Å². The number of thiophene rings is 1. The lowest BCUT2D eigenvalue weighted by Gasteiger charge is -2.22. The Morgan fingerprint density at radius 1 is 1.35 bits per heavy atom. The molecule has 0 saturated carbocycles. The first-order valence-electron chi connectivity index (χ1n) is 8.41. The number of carbonyl (C=O) groups is 1. The number of unbranched alkanes of at least 4 members (excludes halogenated alkanes) is 2. The first-order valence-corrected chi connectivity index (χ1v) is 10.0. The van der Waals surface area contributed by atoms with Gasteiger partial charge < -0.3 is 14.6 Å². The smallest absolute Gasteiger partial charge is 0.351 e. The van der Waals surface area contributed by atoms with E-state index in [0.29, 0.717) is 22.1 Å². The molecule has 0 saturated heterocycles. The predicted molar refractivity (Wildman–Crippen MR) is 106 cm³/mol. The van der Waals surface area contributed by atoms with Crippen molar-refractivity contribution in [2.24, 2.45) is 0 Å². The average Bonchev–Trinajstić information content (AvgIpc) is 2.92. The van der Waals surface area contributed by atoms with Crippen LogP contribution < -0.4 is 5.63 Å². The normalized spacial score (nSPS) is 14.0. The van der Waals surface area contributed by atoms with E-state index in [1.165, 1.54) is 17.4 Å². The molecule has 0 bridgehead atoms. The molecule has 1 unspecified atom stereocenters. The fourth-order valence-electron chi connectivity index (χ4n) is 3.03. The molecule has 1 aromatic carbocycles. The first-order chi connectivity index (χ1) is 12.3. The summed E-state index contributed by atoms with van der Waals surface area (Å²) in [7, 11) is 0. The van der Waals surface area contributed by atoms with Crippen LogP contribution in [0.1, 0.15) is 54.8 Å². The number of hydrogen-bond donors (Lipinski definition) is 2. The van der Waals surface area contributed by atoms with Crippen LogP contribution in [0.25, 0.3) is 21.1 Å². The van der Waals surface area contributed by atoms with Crippen molar-refractivity contribution in [2.75, 3.05) is 0 Å². The van der Waals surface area contributed by atoms with E-state index in [4.69, 9.17) is 9.52 Å². The van der Waals surface area contributed by atoms with Crippen LogP contribution in [-0.4, -0.2) is 16.2 Å². The van der Waals surface area contributed by atoms with Gasteiger partial charge in [0.05, 0.1) is 15.2 Å². The van der Waals surface area contributed by atoms with E-state index >= 15 is 0 Å². The van der Waals surface area contributed by atoms with Crippen molar-refractivity contribution in [1.29, 1.82) is 0 Å². The number of fused-ring (bicyclic) bond motifs is 3. The van der Waals surface area contributed by atoms with E-state index in [1.54, 1.807) is 13.0 Å². The highest BCUT2D eigenvalue weighted by Gasteiger charge is 2.29. The molecule has 26 heavy (non-hydrogen) atoms. The van der Waals surface area contributed by atoms with Gasteiger partial charge in [-0.15, -0.1) is 11.3 Å². The van der Waals surface area contributed by atoms with E-state index in [2.05, 4.69) is 22.9 Å². The van der Waals surface area contributed by atoms with Gasteiger partial charge >= 0.3 is 11.6 Å². The van der Waals surface area contributed by atoms with Gasteiger partial charge in [0.25, 0.3) is 0 Å². The van der Waals surface area contributed by atoms with Crippen LogP contribution in [0, 0.1) is 0 Å². The van der Waals surface area contributed by atoms with Crippen LogP contribution in [0.3, 0.4) is 0 Å². The summed E-state index contributed by atoms with van der Waals surface area (Å²) >= 11 is 4.94. The highest BCUT2D eigenvalue weighted by atomic mass is 79.9. The quantitative estimate of drug-likeness (QED) is 0.404. The molecule has 2 N–H and O–H groups in total. The fourth-order valence-corrected chi connectivity index (χ4v) is 5.42. The van der Waals surface area contributed by atoms with Gasteiger partial charge in [-0.3, -0.25) is 0 Å². The molecule has 138 valence electrons. The zero-order valence-electron chi connectivity index (χ0n) is 14.5. The largest absolute Gasteiger partial charge is 0.477 e. The second-order valence-electron chi connectivity index (χ2n) is 6.59. The third-order valence-corrected chi connectivity index (χ3v) is 7.03. The first kappa shape index (κ1) is 19.1. The lowest BCUT2D eigenvalue weighted by Crippen LogP contribution is -2.19. The Bertz CT molecular complexity index is 1050. The highest BCUT2D eigenvalue weighted by Crippen LogP contribution is 2.45. The number of aliphatic hydroxyl groups is 1. The minimum Gasteiger partial charge on any atom is -0.477 e. The maximum atomic E-state index is 12.0. The van der Waals surface area contributed by atoms with E-state index < -0.39 is 17.2 Å². The molecule has 0 aliphatic carbocycles. The van der Waals surface area contributed by atoms with E-state index in [9.17, 15) is 14.7 Å². The molecule has 0 aliphatic heterocycles. The van der Waals surface area contributed by atoms with Gasteiger partial charge in [-0.2, -0.15) is 0 Å². The number of rotatable bonds is 6.